The molecule has 4 rings (SSSR count). The Balaban J connectivity index is 0.000000437. The number of aliphatic hydroxyl groups is 1. The summed E-state index contributed by atoms with van der Waals surface area (Å²) in [6.45, 7) is 0. The van der Waals surface area contributed by atoms with Gasteiger partial charge in [0, 0.05) is 18.1 Å². The molecule has 29 heavy (non-hydrogen) atoms. The smallest absolute Gasteiger partial charge is 0.386 e. The number of nitrogens with zero attached hydrogens (tertiary/aromatic N) is 4. The number of hydrogen-bond donors (Lipinski definition) is 1. The maximum Gasteiger partial charge on any atom is 2.00 e. The first-order chi connectivity index (χ1) is 13.6. The molecule has 7 nitrogen and oxygen atoms in total. The van der Waals surface area contributed by atoms with Crippen LogP contribution in [0.1, 0.15) is 5.56 Å². The predicted molar refractivity (Wildman–Crippen MR) is 105 cm³/mol. The normalized spacial score (nSPS) is 17.9. The van der Waals surface area contributed by atoms with Crippen LogP contribution >= 0.6 is 0 Å². The van der Waals surface area contributed by atoms with Gasteiger partial charge in [-0.05, 0) is 81.6 Å². The molecule has 0 amide bonds. The summed E-state index contributed by atoms with van der Waals surface area (Å²) in [7, 11) is 0. The summed E-state index contributed by atoms with van der Waals surface area (Å²) in [5.41, 5.74) is 1.23. The van der Waals surface area contributed by atoms with E-state index < -0.39 is 11.0 Å². The number of nitro benzene ring substituents is 1. The fraction of sp³-hybridized carbons (Fsp3) is 0.0476. The molecule has 1 aromatic heterocycles. The minimum absolute atomic E-state index is 0. The van der Waals surface area contributed by atoms with Gasteiger partial charge < -0.3 is 5.11 Å². The Morgan fingerprint density at radius 2 is 1.62 bits per heavy atom. The van der Waals surface area contributed by atoms with Crippen molar-refractivity contribution in [2.45, 2.75) is 6.10 Å². The Morgan fingerprint density at radius 3 is 2.10 bits per heavy atom. The van der Waals surface area contributed by atoms with Crippen molar-refractivity contribution in [2.75, 3.05) is 0 Å². The summed E-state index contributed by atoms with van der Waals surface area (Å²) >= 11 is 0. The molecule has 10 radical (unpaired) electrons. The maximum absolute atomic E-state index is 10.7. The number of nitro groups is 1. The zero-order valence-corrected chi connectivity index (χ0v) is 16.3. The number of aliphatic hydroxyl groups excluding tert-OH is 1. The van der Waals surface area contributed by atoms with E-state index in [1.54, 1.807) is 18.2 Å². The van der Waals surface area contributed by atoms with Gasteiger partial charge in [0.15, 0.2) is 0 Å². The molecule has 146 valence electrons. The Morgan fingerprint density at radius 1 is 1.03 bits per heavy atom. The summed E-state index contributed by atoms with van der Waals surface area (Å²) in [6, 6.07) is 6.07. The van der Waals surface area contributed by atoms with Crippen molar-refractivity contribution >= 4 is 17.5 Å². The minimum atomic E-state index is -0.887. The SMILES string of the molecule is O=[N+]([O-])c1ccc(/C=C(\C(O)[C]2[CH][CH][CH][CH]2)n2cncn2)cc1.[CH]1[CH][CH][CH][CH]1.[Fe+2]. The first kappa shape index (κ1) is 23.3. The van der Waals surface area contributed by atoms with Crippen LogP contribution in [0.4, 0.5) is 5.69 Å². The van der Waals surface area contributed by atoms with Crippen LogP contribution in [0.15, 0.2) is 36.9 Å². The monoisotopic (exact) mass is 430 g/mol. The number of benzene rings is 1. The van der Waals surface area contributed by atoms with Gasteiger partial charge in [-0.3, -0.25) is 10.1 Å². The zero-order chi connectivity index (χ0) is 19.8. The zero-order valence-electron chi connectivity index (χ0n) is 15.2. The number of non-ortho nitro benzene ring substituents is 1. The van der Waals surface area contributed by atoms with Crippen molar-refractivity contribution < 1.29 is 27.1 Å². The van der Waals surface area contributed by atoms with Crippen molar-refractivity contribution in [1.82, 2.24) is 14.8 Å². The van der Waals surface area contributed by atoms with Crippen LogP contribution in [-0.2, 0) is 17.1 Å². The Labute approximate surface area is 181 Å². The van der Waals surface area contributed by atoms with Gasteiger partial charge in [0.05, 0.1) is 10.6 Å². The molecule has 1 N–H and O–H groups in total. The van der Waals surface area contributed by atoms with Crippen LogP contribution in [0.25, 0.3) is 11.8 Å². The van der Waals surface area contributed by atoms with Crippen molar-refractivity contribution in [3.8, 4) is 0 Å². The summed E-state index contributed by atoms with van der Waals surface area (Å²) in [6.07, 6.45) is 21.0. The van der Waals surface area contributed by atoms with E-state index in [2.05, 4.69) is 10.1 Å². The molecule has 1 aromatic carbocycles. The molecule has 2 aliphatic carbocycles. The molecule has 2 fully saturated rings. The molecule has 1 unspecified atom stereocenters. The number of hydrogen-bond acceptors (Lipinski definition) is 5. The summed E-state index contributed by atoms with van der Waals surface area (Å²) < 4.78 is 1.47. The molecule has 0 bridgehead atoms. The maximum atomic E-state index is 10.7. The second kappa shape index (κ2) is 11.9. The third kappa shape index (κ3) is 6.77. The second-order valence-electron chi connectivity index (χ2n) is 5.84. The van der Waals surface area contributed by atoms with Crippen molar-refractivity contribution in [2.24, 2.45) is 0 Å². The summed E-state index contributed by atoms with van der Waals surface area (Å²) in [5.74, 6) is 0.730. The molecule has 8 heteroatoms. The molecule has 1 atom stereocenters. The third-order valence-electron chi connectivity index (χ3n) is 3.94. The van der Waals surface area contributed by atoms with Crippen molar-refractivity contribution in [3.63, 3.8) is 0 Å². The standard InChI is InChI=1S/C16H13N4O3.C5H5.Fe/c21-16(13-3-1-2-4-13)15(19-11-17-10-18-19)9-12-5-7-14(8-6-12)20(22)23;1-2-4-5-3-1;/h1-11,16,21H;1-5H;/q;;+2/b15-9+;;. The van der Waals surface area contributed by atoms with Crippen LogP contribution in [0.5, 0.6) is 0 Å². The quantitative estimate of drug-likeness (QED) is 0.447. The molecule has 0 aliphatic heterocycles. The van der Waals surface area contributed by atoms with E-state index in [1.807, 2.05) is 57.8 Å². The van der Waals surface area contributed by atoms with E-state index >= 15 is 0 Å². The minimum Gasteiger partial charge on any atom is -0.386 e. The van der Waals surface area contributed by atoms with E-state index in [1.165, 1.54) is 29.5 Å². The average Bonchev–Trinajstić information content (AvgIpc) is 3.49. The van der Waals surface area contributed by atoms with E-state index in [0.717, 1.165) is 5.92 Å². The second-order valence-corrected chi connectivity index (χ2v) is 5.84. The molecular weight excluding hydrogens is 412 g/mol. The van der Waals surface area contributed by atoms with Gasteiger partial charge in [-0.25, -0.2) is 9.67 Å². The molecule has 0 saturated heterocycles. The fourth-order valence-electron chi connectivity index (χ4n) is 2.54. The van der Waals surface area contributed by atoms with Crippen LogP contribution < -0.4 is 0 Å². The topological polar surface area (TPSA) is 94.1 Å². The fourth-order valence-corrected chi connectivity index (χ4v) is 2.54. The van der Waals surface area contributed by atoms with Crippen LogP contribution in [0, 0.1) is 73.8 Å². The Hall–Kier alpha value is -2.02. The first-order valence-corrected chi connectivity index (χ1v) is 8.52. The van der Waals surface area contributed by atoms with Crippen molar-refractivity contribution in [1.29, 1.82) is 0 Å². The van der Waals surface area contributed by atoms with E-state index in [9.17, 15) is 15.2 Å². The van der Waals surface area contributed by atoms with Gasteiger partial charge in [0.2, 0.25) is 0 Å². The Kier molecular flexibility index (Phi) is 9.51. The molecular formula is C21H18FeN4O3+2. The van der Waals surface area contributed by atoms with Gasteiger partial charge in [-0.1, -0.05) is 0 Å². The molecule has 2 aromatic rings. The first-order valence-electron chi connectivity index (χ1n) is 8.52. The summed E-state index contributed by atoms with van der Waals surface area (Å²) in [5, 5.41) is 25.4. The molecule has 2 aliphatic rings. The Bertz CT molecular complexity index is 760. The largest absolute Gasteiger partial charge is 2.00 e. The molecule has 2 saturated carbocycles. The van der Waals surface area contributed by atoms with Gasteiger partial charge in [-0.2, -0.15) is 5.10 Å². The number of aromatic nitrogens is 3. The van der Waals surface area contributed by atoms with Gasteiger partial charge in [-0.15, -0.1) is 0 Å². The molecule has 0 spiro atoms. The summed E-state index contributed by atoms with van der Waals surface area (Å²) in [4.78, 5) is 14.2. The van der Waals surface area contributed by atoms with Gasteiger partial charge in [0.1, 0.15) is 18.8 Å². The third-order valence-corrected chi connectivity index (χ3v) is 3.94. The van der Waals surface area contributed by atoms with Crippen LogP contribution in [-0.4, -0.2) is 30.9 Å². The van der Waals surface area contributed by atoms with Gasteiger partial charge >= 0.3 is 17.1 Å². The average molecular weight is 430 g/mol. The van der Waals surface area contributed by atoms with Crippen molar-refractivity contribution in [3.05, 3.63) is 116 Å². The van der Waals surface area contributed by atoms with Gasteiger partial charge in [0.25, 0.3) is 5.69 Å². The van der Waals surface area contributed by atoms with E-state index in [4.69, 9.17) is 0 Å². The molecule has 1 heterocycles. The van der Waals surface area contributed by atoms with Crippen LogP contribution in [0.2, 0.25) is 0 Å². The number of rotatable bonds is 5. The van der Waals surface area contributed by atoms with E-state index in [-0.39, 0.29) is 22.8 Å². The predicted octanol–water partition coefficient (Wildman–Crippen LogP) is 2.97. The van der Waals surface area contributed by atoms with Crippen LogP contribution in [0.3, 0.4) is 0 Å². The van der Waals surface area contributed by atoms with E-state index in [0.29, 0.717) is 11.3 Å².